The highest BCUT2D eigenvalue weighted by molar-refractivity contribution is 5.92. The van der Waals surface area contributed by atoms with Crippen molar-refractivity contribution in [3.63, 3.8) is 0 Å². The number of primary amides is 1. The summed E-state index contributed by atoms with van der Waals surface area (Å²) in [6, 6.07) is 6.97. The number of rotatable bonds is 5. The number of hydrogen-bond donors (Lipinski definition) is 3. The van der Waals surface area contributed by atoms with Crippen molar-refractivity contribution >= 4 is 11.8 Å². The fourth-order valence-corrected chi connectivity index (χ4v) is 3.41. The maximum atomic E-state index is 12.4. The summed E-state index contributed by atoms with van der Waals surface area (Å²) in [5, 5.41) is 2.92. The molecule has 1 aromatic carbocycles. The summed E-state index contributed by atoms with van der Waals surface area (Å²) >= 11 is 0. The number of pyridine rings is 1. The average Bonchev–Trinajstić information content (AvgIpc) is 2.60. The molecule has 1 aliphatic carbocycles. The lowest BCUT2D eigenvalue weighted by molar-refractivity contribution is -0.124. The molecule has 7 heteroatoms. The van der Waals surface area contributed by atoms with Gasteiger partial charge in [0.25, 0.3) is 17.4 Å². The molecule has 0 aliphatic heterocycles. The van der Waals surface area contributed by atoms with Crippen LogP contribution in [0, 0.1) is 13.8 Å². The van der Waals surface area contributed by atoms with E-state index in [1.165, 1.54) is 6.07 Å². The second-order valence-electron chi connectivity index (χ2n) is 6.88. The van der Waals surface area contributed by atoms with Gasteiger partial charge in [-0.15, -0.1) is 0 Å². The maximum Gasteiger partial charge on any atom is 0.261 e. The van der Waals surface area contributed by atoms with E-state index in [4.69, 9.17) is 10.5 Å². The lowest BCUT2D eigenvalue weighted by Gasteiger charge is -2.26. The first-order chi connectivity index (χ1) is 12.8. The number of aryl methyl sites for hydroxylation is 3. The van der Waals surface area contributed by atoms with Crippen molar-refractivity contribution in [3.8, 4) is 5.75 Å². The lowest BCUT2D eigenvalue weighted by atomic mass is 9.90. The van der Waals surface area contributed by atoms with Gasteiger partial charge in [-0.1, -0.05) is 17.7 Å². The maximum absolute atomic E-state index is 12.4. The van der Waals surface area contributed by atoms with Crippen LogP contribution in [0.15, 0.2) is 29.1 Å². The Morgan fingerprint density at radius 1 is 1.30 bits per heavy atom. The van der Waals surface area contributed by atoms with Crippen LogP contribution in [-0.2, 0) is 11.2 Å². The van der Waals surface area contributed by atoms with E-state index in [9.17, 15) is 14.4 Å². The van der Waals surface area contributed by atoms with E-state index in [2.05, 4.69) is 10.3 Å². The number of hydrogen-bond acceptors (Lipinski definition) is 4. The summed E-state index contributed by atoms with van der Waals surface area (Å²) in [4.78, 5) is 38.4. The number of fused-ring (bicyclic) bond motifs is 1. The van der Waals surface area contributed by atoms with E-state index in [1.54, 1.807) is 0 Å². The lowest BCUT2D eigenvalue weighted by Crippen LogP contribution is -2.36. The zero-order valence-electron chi connectivity index (χ0n) is 15.4. The third-order valence-electron chi connectivity index (χ3n) is 4.74. The SMILES string of the molecule is Cc1ccc(OCC(=O)NC2CCCc3[nH]c(=O)c(C(N)=O)cc32)c(C)c1. The third kappa shape index (κ3) is 4.19. The molecule has 2 aromatic rings. The molecule has 3 rings (SSSR count). The summed E-state index contributed by atoms with van der Waals surface area (Å²) in [7, 11) is 0. The second-order valence-corrected chi connectivity index (χ2v) is 6.88. The number of aromatic amines is 1. The molecule has 0 bridgehead atoms. The highest BCUT2D eigenvalue weighted by Gasteiger charge is 2.25. The van der Waals surface area contributed by atoms with Gasteiger partial charge < -0.3 is 20.8 Å². The highest BCUT2D eigenvalue weighted by atomic mass is 16.5. The number of amides is 2. The number of nitrogens with one attached hydrogen (secondary N) is 2. The van der Waals surface area contributed by atoms with Crippen LogP contribution in [0.2, 0.25) is 0 Å². The van der Waals surface area contributed by atoms with E-state index in [0.29, 0.717) is 18.6 Å². The molecule has 1 atom stereocenters. The normalized spacial score (nSPS) is 15.7. The average molecular weight is 369 g/mol. The minimum atomic E-state index is -0.784. The standard InChI is InChI=1S/C20H23N3O4/c1-11-6-7-17(12(2)8-11)27-10-18(24)22-15-4-3-5-16-13(15)9-14(19(21)25)20(26)23-16/h6-9,15H,3-5,10H2,1-2H3,(H2,21,25)(H,22,24)(H,23,26). The Morgan fingerprint density at radius 2 is 2.07 bits per heavy atom. The number of carbonyl (C=O) groups excluding carboxylic acids is 2. The molecule has 1 heterocycles. The van der Waals surface area contributed by atoms with Gasteiger partial charge in [0.1, 0.15) is 11.3 Å². The topological polar surface area (TPSA) is 114 Å². The zero-order valence-corrected chi connectivity index (χ0v) is 15.4. The van der Waals surface area contributed by atoms with Gasteiger partial charge in [-0.05, 0) is 56.4 Å². The van der Waals surface area contributed by atoms with Gasteiger partial charge in [0.15, 0.2) is 6.61 Å². The summed E-state index contributed by atoms with van der Waals surface area (Å²) < 4.78 is 5.62. The monoisotopic (exact) mass is 369 g/mol. The van der Waals surface area contributed by atoms with E-state index >= 15 is 0 Å². The first kappa shape index (κ1) is 18.7. The van der Waals surface area contributed by atoms with Gasteiger partial charge in [0.2, 0.25) is 0 Å². The first-order valence-corrected chi connectivity index (χ1v) is 8.90. The van der Waals surface area contributed by atoms with Crippen LogP contribution in [0.25, 0.3) is 0 Å². The number of carbonyl (C=O) groups is 2. The van der Waals surface area contributed by atoms with Crippen molar-refractivity contribution in [2.24, 2.45) is 5.73 Å². The molecule has 2 amide bonds. The van der Waals surface area contributed by atoms with E-state index in [-0.39, 0.29) is 24.1 Å². The van der Waals surface area contributed by atoms with E-state index < -0.39 is 11.5 Å². The van der Waals surface area contributed by atoms with Crippen LogP contribution in [0.4, 0.5) is 0 Å². The molecule has 1 aromatic heterocycles. The molecular formula is C20H23N3O4. The predicted molar refractivity (Wildman–Crippen MR) is 101 cm³/mol. The Labute approximate surface area is 156 Å². The molecule has 0 radical (unpaired) electrons. The van der Waals surface area contributed by atoms with Gasteiger partial charge >= 0.3 is 0 Å². The second kappa shape index (κ2) is 7.65. The molecule has 142 valence electrons. The molecule has 0 saturated heterocycles. The molecule has 0 fully saturated rings. The largest absolute Gasteiger partial charge is 0.484 e. The number of ether oxygens (including phenoxy) is 1. The molecule has 27 heavy (non-hydrogen) atoms. The fourth-order valence-electron chi connectivity index (χ4n) is 3.41. The van der Waals surface area contributed by atoms with Crippen molar-refractivity contribution in [2.45, 2.75) is 39.2 Å². The predicted octanol–water partition coefficient (Wildman–Crippen LogP) is 1.66. The Hall–Kier alpha value is -3.09. The Balaban J connectivity index is 1.71. The number of benzene rings is 1. The van der Waals surface area contributed by atoms with Crippen molar-refractivity contribution in [1.82, 2.24) is 10.3 Å². The minimum absolute atomic E-state index is 0.0959. The van der Waals surface area contributed by atoms with Gasteiger partial charge in [-0.3, -0.25) is 14.4 Å². The summed E-state index contributed by atoms with van der Waals surface area (Å²) in [5.74, 6) is -0.382. The van der Waals surface area contributed by atoms with Crippen LogP contribution in [0.1, 0.15) is 51.6 Å². The number of nitrogens with two attached hydrogens (primary N) is 1. The van der Waals surface area contributed by atoms with Crippen LogP contribution >= 0.6 is 0 Å². The van der Waals surface area contributed by atoms with Crippen LogP contribution in [0.5, 0.6) is 5.75 Å². The van der Waals surface area contributed by atoms with Crippen molar-refractivity contribution in [1.29, 1.82) is 0 Å². The van der Waals surface area contributed by atoms with Crippen LogP contribution in [-0.4, -0.2) is 23.4 Å². The fraction of sp³-hybridized carbons (Fsp3) is 0.350. The Kier molecular flexibility index (Phi) is 5.30. The third-order valence-corrected chi connectivity index (χ3v) is 4.74. The molecule has 0 saturated carbocycles. The highest BCUT2D eigenvalue weighted by Crippen LogP contribution is 2.28. The summed E-state index contributed by atoms with van der Waals surface area (Å²) in [5.41, 5.74) is 8.23. The zero-order chi connectivity index (χ0) is 19.6. The smallest absolute Gasteiger partial charge is 0.261 e. The Bertz CT molecular complexity index is 949. The van der Waals surface area contributed by atoms with E-state index in [0.717, 1.165) is 28.8 Å². The van der Waals surface area contributed by atoms with Crippen molar-refractivity contribution in [3.05, 3.63) is 62.6 Å². The molecule has 1 aliphatic rings. The molecule has 4 N–H and O–H groups in total. The molecule has 7 nitrogen and oxygen atoms in total. The number of H-pyrrole nitrogens is 1. The summed E-state index contributed by atoms with van der Waals surface area (Å²) in [6.45, 7) is 3.82. The molecule has 1 unspecified atom stereocenters. The minimum Gasteiger partial charge on any atom is -0.484 e. The van der Waals surface area contributed by atoms with Crippen molar-refractivity contribution in [2.75, 3.05) is 6.61 Å². The quantitative estimate of drug-likeness (QED) is 0.743. The molecule has 0 spiro atoms. The van der Waals surface area contributed by atoms with Gasteiger partial charge in [0, 0.05) is 5.69 Å². The Morgan fingerprint density at radius 3 is 2.78 bits per heavy atom. The van der Waals surface area contributed by atoms with Gasteiger partial charge in [-0.25, -0.2) is 0 Å². The summed E-state index contributed by atoms with van der Waals surface area (Å²) in [6.07, 6.45) is 2.23. The van der Waals surface area contributed by atoms with Crippen LogP contribution < -0.4 is 21.3 Å². The van der Waals surface area contributed by atoms with Crippen LogP contribution in [0.3, 0.4) is 0 Å². The first-order valence-electron chi connectivity index (χ1n) is 8.90. The van der Waals surface area contributed by atoms with Gasteiger partial charge in [0.05, 0.1) is 6.04 Å². The molecular weight excluding hydrogens is 346 g/mol. The van der Waals surface area contributed by atoms with Gasteiger partial charge in [-0.2, -0.15) is 0 Å². The van der Waals surface area contributed by atoms with Crippen molar-refractivity contribution < 1.29 is 14.3 Å². The number of aromatic nitrogens is 1. The van der Waals surface area contributed by atoms with E-state index in [1.807, 2.05) is 32.0 Å².